The van der Waals surface area contributed by atoms with E-state index in [0.29, 0.717) is 0 Å². The monoisotopic (exact) mass is 128 g/mol. The standard InChI is InChI=1S/C6H14N3/c1-2-3-4-5-9-6(7)8/h1-5H2,(H4,7,8,9). The van der Waals surface area contributed by atoms with Gasteiger partial charge in [-0.15, -0.1) is 0 Å². The third-order valence-corrected chi connectivity index (χ3v) is 0.992. The van der Waals surface area contributed by atoms with Crippen LogP contribution in [-0.2, 0) is 0 Å². The topological polar surface area (TPSA) is 61.9 Å². The summed E-state index contributed by atoms with van der Waals surface area (Å²) in [6.07, 6.45) is 3.10. The number of rotatable bonds is 4. The lowest BCUT2D eigenvalue weighted by Crippen LogP contribution is -2.30. The minimum Gasteiger partial charge on any atom is -0.370 e. The van der Waals surface area contributed by atoms with Crippen molar-refractivity contribution < 1.29 is 0 Å². The summed E-state index contributed by atoms with van der Waals surface area (Å²) in [5.74, 6) is 0.0547. The van der Waals surface area contributed by atoms with Gasteiger partial charge in [-0.05, 0) is 6.42 Å². The van der Waals surface area contributed by atoms with Gasteiger partial charge in [-0.1, -0.05) is 19.8 Å². The van der Waals surface area contributed by atoms with Crippen LogP contribution in [0.5, 0.6) is 0 Å². The predicted octanol–water partition coefficient (Wildman–Crippen LogP) is 0.474. The summed E-state index contributed by atoms with van der Waals surface area (Å²) in [6.45, 7) is 4.49. The van der Waals surface area contributed by atoms with Crippen molar-refractivity contribution in [1.82, 2.24) is 5.32 Å². The molecule has 0 saturated heterocycles. The molecule has 3 heteroatoms. The molecular weight excluding hydrogens is 114 g/mol. The number of hydrogen-bond acceptors (Lipinski definition) is 1. The molecule has 0 unspecified atom stereocenters. The van der Waals surface area contributed by atoms with Gasteiger partial charge in [-0.2, -0.15) is 0 Å². The quantitative estimate of drug-likeness (QED) is 0.293. The van der Waals surface area contributed by atoms with Gasteiger partial charge in [-0.25, -0.2) is 0 Å². The molecule has 0 saturated carbocycles. The average molecular weight is 128 g/mol. The Labute approximate surface area is 56.1 Å². The van der Waals surface area contributed by atoms with Crippen LogP contribution in [0.2, 0.25) is 0 Å². The van der Waals surface area contributed by atoms with Crippen LogP contribution in [0.4, 0.5) is 0 Å². The molecule has 0 aliphatic rings. The lowest BCUT2D eigenvalue weighted by Gasteiger charge is -2.00. The fraction of sp³-hybridized carbons (Fsp3) is 0.667. The fourth-order valence-corrected chi connectivity index (χ4v) is 0.525. The maximum absolute atomic E-state index is 6.78. The van der Waals surface area contributed by atoms with Gasteiger partial charge in [0.05, 0.1) is 0 Å². The van der Waals surface area contributed by atoms with Gasteiger partial charge < -0.3 is 11.1 Å². The average Bonchev–Trinajstić information content (AvgIpc) is 1.80. The molecule has 4 N–H and O–H groups in total. The lowest BCUT2D eigenvalue weighted by atomic mass is 10.2. The smallest absolute Gasteiger partial charge is 0.185 e. The van der Waals surface area contributed by atoms with Crippen LogP contribution in [0.25, 0.3) is 0 Å². The predicted molar refractivity (Wildman–Crippen MR) is 39.1 cm³/mol. The second-order valence-corrected chi connectivity index (χ2v) is 1.90. The van der Waals surface area contributed by atoms with Crippen molar-refractivity contribution in [2.45, 2.75) is 19.3 Å². The van der Waals surface area contributed by atoms with Crippen molar-refractivity contribution in [2.75, 3.05) is 6.54 Å². The molecule has 0 aromatic heterocycles. The Balaban J connectivity index is 2.83. The zero-order chi connectivity index (χ0) is 7.11. The Bertz CT molecular complexity index is 80.4. The highest BCUT2D eigenvalue weighted by molar-refractivity contribution is 5.74. The van der Waals surface area contributed by atoms with Gasteiger partial charge in [0, 0.05) is 6.54 Å². The summed E-state index contributed by atoms with van der Waals surface area (Å²) in [4.78, 5) is 0. The van der Waals surface area contributed by atoms with Gasteiger partial charge in [0.15, 0.2) is 5.96 Å². The Kier molecular flexibility index (Phi) is 4.97. The van der Waals surface area contributed by atoms with Gasteiger partial charge >= 0.3 is 0 Å². The first kappa shape index (κ1) is 8.27. The minimum absolute atomic E-state index is 0.0547. The summed E-state index contributed by atoms with van der Waals surface area (Å²) >= 11 is 0. The van der Waals surface area contributed by atoms with Gasteiger partial charge in [0.1, 0.15) is 0 Å². The van der Waals surface area contributed by atoms with E-state index in [-0.39, 0.29) is 5.96 Å². The third kappa shape index (κ3) is 7.27. The van der Waals surface area contributed by atoms with E-state index in [2.05, 4.69) is 12.2 Å². The van der Waals surface area contributed by atoms with Crippen LogP contribution in [0, 0.1) is 12.3 Å². The highest BCUT2D eigenvalue weighted by Crippen LogP contribution is 1.89. The van der Waals surface area contributed by atoms with Gasteiger partial charge in [0.2, 0.25) is 0 Å². The molecule has 9 heavy (non-hydrogen) atoms. The van der Waals surface area contributed by atoms with Crippen LogP contribution in [0.15, 0.2) is 0 Å². The maximum Gasteiger partial charge on any atom is 0.185 e. The zero-order valence-corrected chi connectivity index (χ0v) is 5.61. The molecule has 0 aliphatic heterocycles. The molecule has 0 spiro atoms. The zero-order valence-electron chi connectivity index (χ0n) is 5.61. The molecule has 1 radical (unpaired) electrons. The summed E-state index contributed by atoms with van der Waals surface area (Å²) in [5.41, 5.74) is 5.03. The number of nitrogens with two attached hydrogens (primary N) is 1. The van der Waals surface area contributed by atoms with E-state index in [9.17, 15) is 0 Å². The second-order valence-electron chi connectivity index (χ2n) is 1.90. The van der Waals surface area contributed by atoms with E-state index in [1.165, 1.54) is 0 Å². The largest absolute Gasteiger partial charge is 0.370 e. The first-order valence-corrected chi connectivity index (χ1v) is 3.14. The summed E-state index contributed by atoms with van der Waals surface area (Å²) in [5, 5.41) is 9.49. The van der Waals surface area contributed by atoms with Crippen molar-refractivity contribution in [2.24, 2.45) is 5.73 Å². The molecule has 0 bridgehead atoms. The van der Waals surface area contributed by atoms with Crippen LogP contribution in [0.3, 0.4) is 0 Å². The lowest BCUT2D eigenvalue weighted by molar-refractivity contribution is 0.714. The van der Waals surface area contributed by atoms with E-state index in [4.69, 9.17) is 11.1 Å². The van der Waals surface area contributed by atoms with E-state index in [1.54, 1.807) is 0 Å². The molecule has 53 valence electrons. The molecule has 0 aliphatic carbocycles. The highest BCUT2D eigenvalue weighted by Gasteiger charge is 1.85. The first-order chi connectivity index (χ1) is 4.27. The van der Waals surface area contributed by atoms with E-state index in [0.717, 1.165) is 25.8 Å². The second kappa shape index (κ2) is 5.41. The SMILES string of the molecule is [CH2]CCCCNC(=N)N. The molecule has 0 aromatic rings. The van der Waals surface area contributed by atoms with Crippen molar-refractivity contribution >= 4 is 5.96 Å². The van der Waals surface area contributed by atoms with E-state index < -0.39 is 0 Å². The van der Waals surface area contributed by atoms with Crippen LogP contribution >= 0.6 is 0 Å². The molecule has 0 amide bonds. The molecule has 0 atom stereocenters. The molecule has 0 fully saturated rings. The Morgan fingerprint density at radius 1 is 1.56 bits per heavy atom. The third-order valence-electron chi connectivity index (χ3n) is 0.992. The Morgan fingerprint density at radius 2 is 2.22 bits per heavy atom. The maximum atomic E-state index is 6.78. The first-order valence-electron chi connectivity index (χ1n) is 3.14. The molecule has 0 rings (SSSR count). The summed E-state index contributed by atoms with van der Waals surface area (Å²) < 4.78 is 0. The van der Waals surface area contributed by atoms with Crippen molar-refractivity contribution in [3.05, 3.63) is 6.92 Å². The highest BCUT2D eigenvalue weighted by atomic mass is 15.0. The van der Waals surface area contributed by atoms with Crippen LogP contribution in [0.1, 0.15) is 19.3 Å². The molecule has 3 nitrogen and oxygen atoms in total. The van der Waals surface area contributed by atoms with Gasteiger partial charge in [-0.3, -0.25) is 5.41 Å². The molecule has 0 heterocycles. The minimum atomic E-state index is 0.0547. The van der Waals surface area contributed by atoms with Gasteiger partial charge in [0.25, 0.3) is 0 Å². The Hall–Kier alpha value is -0.730. The number of guanidine groups is 1. The Morgan fingerprint density at radius 3 is 2.67 bits per heavy atom. The summed E-state index contributed by atoms with van der Waals surface area (Å²) in [7, 11) is 0. The van der Waals surface area contributed by atoms with E-state index in [1.807, 2.05) is 0 Å². The van der Waals surface area contributed by atoms with Crippen LogP contribution in [-0.4, -0.2) is 12.5 Å². The molecular formula is C6H14N3. The molecule has 0 aromatic carbocycles. The summed E-state index contributed by atoms with van der Waals surface area (Å²) in [6, 6.07) is 0. The van der Waals surface area contributed by atoms with Crippen molar-refractivity contribution in [3.8, 4) is 0 Å². The van der Waals surface area contributed by atoms with Crippen LogP contribution < -0.4 is 11.1 Å². The van der Waals surface area contributed by atoms with E-state index >= 15 is 0 Å². The van der Waals surface area contributed by atoms with Crippen molar-refractivity contribution in [1.29, 1.82) is 5.41 Å². The number of nitrogens with one attached hydrogen (secondary N) is 2. The normalized spacial score (nSPS) is 9.00. The number of hydrogen-bond donors (Lipinski definition) is 3. The number of unbranched alkanes of at least 4 members (excludes halogenated alkanes) is 2. The fourth-order valence-electron chi connectivity index (χ4n) is 0.525. The van der Waals surface area contributed by atoms with Crippen molar-refractivity contribution in [3.63, 3.8) is 0 Å².